The first-order chi connectivity index (χ1) is 10.9. The van der Waals surface area contributed by atoms with Gasteiger partial charge in [-0.3, -0.25) is 5.41 Å². The monoisotopic (exact) mass is 339 g/mol. The Morgan fingerprint density at radius 2 is 2.17 bits per heavy atom. The van der Waals surface area contributed by atoms with Gasteiger partial charge in [-0.2, -0.15) is 0 Å². The highest BCUT2D eigenvalue weighted by molar-refractivity contribution is 6.31. The van der Waals surface area contributed by atoms with Crippen LogP contribution >= 0.6 is 11.6 Å². The van der Waals surface area contributed by atoms with Gasteiger partial charge in [0.15, 0.2) is 11.5 Å². The molecule has 0 aliphatic rings. The Bertz CT molecular complexity index is 688. The Kier molecular flexibility index (Phi) is 5.68. The Labute approximate surface area is 139 Å². The van der Waals surface area contributed by atoms with Crippen LogP contribution < -0.4 is 5.32 Å². The van der Waals surface area contributed by atoms with Crippen molar-refractivity contribution in [2.75, 3.05) is 18.9 Å². The summed E-state index contributed by atoms with van der Waals surface area (Å²) in [6.45, 7) is 4.97. The van der Waals surface area contributed by atoms with E-state index in [0.29, 0.717) is 29.5 Å². The molecule has 0 saturated heterocycles. The minimum Gasteiger partial charge on any atom is -0.339 e. The third-order valence-electron chi connectivity index (χ3n) is 3.57. The smallest absolute Gasteiger partial charge is 0.172 e. The lowest BCUT2D eigenvalue weighted by molar-refractivity contribution is 0.270. The number of likely N-dealkylation sites (N-methyl/N-ethyl adjacent to an activating group) is 1. The highest BCUT2D eigenvalue weighted by atomic mass is 35.5. The van der Waals surface area contributed by atoms with Gasteiger partial charge in [0.2, 0.25) is 0 Å². The van der Waals surface area contributed by atoms with Crippen LogP contribution in [0.2, 0.25) is 5.02 Å². The number of benzene rings is 1. The molecule has 1 heterocycles. The summed E-state index contributed by atoms with van der Waals surface area (Å²) in [5.41, 5.74) is 1.43. The lowest BCUT2D eigenvalue weighted by atomic mass is 10.2. The fraction of sp³-hybridized carbons (Fsp3) is 0.400. The summed E-state index contributed by atoms with van der Waals surface area (Å²) >= 11 is 5.73. The van der Waals surface area contributed by atoms with Crippen molar-refractivity contribution < 1.29 is 9.02 Å². The van der Waals surface area contributed by atoms with Crippen LogP contribution in [-0.4, -0.2) is 40.7 Å². The van der Waals surface area contributed by atoms with Crippen LogP contribution in [0.5, 0.6) is 0 Å². The molecule has 1 aromatic carbocycles. The molecule has 124 valence electrons. The summed E-state index contributed by atoms with van der Waals surface area (Å²) in [5, 5.41) is 18.5. The van der Waals surface area contributed by atoms with E-state index >= 15 is 0 Å². The van der Waals surface area contributed by atoms with Gasteiger partial charge in [0.1, 0.15) is 11.5 Å². The van der Waals surface area contributed by atoms with Crippen molar-refractivity contribution in [2.24, 2.45) is 0 Å². The predicted molar refractivity (Wildman–Crippen MR) is 87.6 cm³/mol. The van der Waals surface area contributed by atoms with Crippen LogP contribution in [0.25, 0.3) is 0 Å². The summed E-state index contributed by atoms with van der Waals surface area (Å²) in [7, 11) is 2.02. The van der Waals surface area contributed by atoms with Crippen molar-refractivity contribution in [2.45, 2.75) is 26.3 Å². The fourth-order valence-electron chi connectivity index (χ4n) is 1.88. The number of hydrogen-bond acceptors (Lipinski definition) is 5. The molecular weight excluding hydrogens is 321 g/mol. The number of anilines is 1. The Hall–Kier alpha value is -1.99. The van der Waals surface area contributed by atoms with Crippen LogP contribution in [0, 0.1) is 11.2 Å². The molecule has 2 rings (SSSR count). The molecule has 2 aromatic rings. The van der Waals surface area contributed by atoms with Gasteiger partial charge in [0, 0.05) is 24.7 Å². The second-order valence-electron chi connectivity index (χ2n) is 5.51. The summed E-state index contributed by atoms with van der Waals surface area (Å²) in [6, 6.07) is 4.55. The van der Waals surface area contributed by atoms with E-state index in [-0.39, 0.29) is 10.9 Å². The van der Waals surface area contributed by atoms with E-state index in [4.69, 9.17) is 21.6 Å². The molecule has 0 atom stereocenters. The average Bonchev–Trinajstić information content (AvgIpc) is 2.97. The molecule has 0 bridgehead atoms. The molecule has 2 N–H and O–H groups in total. The molecule has 0 spiro atoms. The molecule has 0 amide bonds. The van der Waals surface area contributed by atoms with E-state index in [1.54, 1.807) is 0 Å². The van der Waals surface area contributed by atoms with E-state index in [1.165, 1.54) is 18.2 Å². The molecule has 0 saturated carbocycles. The Morgan fingerprint density at radius 1 is 1.43 bits per heavy atom. The van der Waals surface area contributed by atoms with Gasteiger partial charge in [-0.05, 0) is 44.3 Å². The molecule has 23 heavy (non-hydrogen) atoms. The van der Waals surface area contributed by atoms with Crippen molar-refractivity contribution in [1.29, 1.82) is 5.41 Å². The van der Waals surface area contributed by atoms with Crippen LogP contribution in [0.1, 0.15) is 25.2 Å². The molecule has 0 fully saturated rings. The number of aromatic nitrogens is 2. The normalized spacial score (nSPS) is 11.3. The van der Waals surface area contributed by atoms with Crippen molar-refractivity contribution in [3.8, 4) is 0 Å². The summed E-state index contributed by atoms with van der Waals surface area (Å²) < 4.78 is 17.9. The minimum absolute atomic E-state index is 0.0140. The van der Waals surface area contributed by atoms with Crippen LogP contribution in [0.3, 0.4) is 0 Å². The molecule has 0 unspecified atom stereocenters. The van der Waals surface area contributed by atoms with E-state index in [0.717, 1.165) is 6.54 Å². The van der Waals surface area contributed by atoms with Gasteiger partial charge < -0.3 is 10.2 Å². The third kappa shape index (κ3) is 4.49. The zero-order valence-corrected chi connectivity index (χ0v) is 14.0. The van der Waals surface area contributed by atoms with Crippen molar-refractivity contribution >= 4 is 23.1 Å². The fourth-order valence-corrected chi connectivity index (χ4v) is 2.06. The second-order valence-corrected chi connectivity index (χ2v) is 5.92. The predicted octanol–water partition coefficient (Wildman–Crippen LogP) is 3.18. The van der Waals surface area contributed by atoms with Crippen molar-refractivity contribution in [3.63, 3.8) is 0 Å². The largest absolute Gasteiger partial charge is 0.339 e. The van der Waals surface area contributed by atoms with E-state index in [2.05, 4.69) is 34.4 Å². The third-order valence-corrected chi connectivity index (χ3v) is 3.85. The maximum atomic E-state index is 13.2. The number of halogens is 2. The van der Waals surface area contributed by atoms with Gasteiger partial charge in [-0.1, -0.05) is 16.8 Å². The summed E-state index contributed by atoms with van der Waals surface area (Å²) in [5.74, 6) is -0.486. The number of hydrogen-bond donors (Lipinski definition) is 2. The number of nitrogens with zero attached hydrogens (tertiary/aromatic N) is 3. The maximum Gasteiger partial charge on any atom is 0.172 e. The lowest BCUT2D eigenvalue weighted by Crippen LogP contribution is -2.29. The molecule has 0 aliphatic heterocycles. The molecule has 0 aliphatic carbocycles. The van der Waals surface area contributed by atoms with Gasteiger partial charge in [-0.25, -0.2) is 9.02 Å². The van der Waals surface area contributed by atoms with Gasteiger partial charge >= 0.3 is 0 Å². The zero-order chi connectivity index (χ0) is 17.0. The SMILES string of the molecule is CC(C)N(C)CCc1nonc1C(=N)Nc1ccc(F)c(Cl)c1. The van der Waals surface area contributed by atoms with E-state index in [1.807, 2.05) is 7.05 Å². The molecule has 8 heteroatoms. The van der Waals surface area contributed by atoms with Gasteiger partial charge in [-0.15, -0.1) is 0 Å². The molecule has 1 aromatic heterocycles. The molecular formula is C15H19ClFN5O. The standard InChI is InChI=1S/C15H19ClFN5O/c1-9(2)22(3)7-6-13-14(21-23-20-13)15(18)19-10-4-5-12(17)11(16)8-10/h4-5,8-9H,6-7H2,1-3H3,(H2,18,19). The lowest BCUT2D eigenvalue weighted by Gasteiger charge is -2.20. The zero-order valence-electron chi connectivity index (χ0n) is 13.2. The quantitative estimate of drug-likeness (QED) is 0.624. The van der Waals surface area contributed by atoms with Gasteiger partial charge in [0.25, 0.3) is 0 Å². The number of rotatable bonds is 6. The molecule has 6 nitrogen and oxygen atoms in total. The Balaban J connectivity index is 2.05. The van der Waals surface area contributed by atoms with E-state index in [9.17, 15) is 4.39 Å². The first-order valence-corrected chi connectivity index (χ1v) is 7.59. The number of nitrogens with one attached hydrogen (secondary N) is 2. The average molecular weight is 340 g/mol. The van der Waals surface area contributed by atoms with Crippen LogP contribution in [0.15, 0.2) is 22.8 Å². The minimum atomic E-state index is -0.510. The van der Waals surface area contributed by atoms with E-state index < -0.39 is 5.82 Å². The summed E-state index contributed by atoms with van der Waals surface area (Å²) in [6.07, 6.45) is 0.613. The number of amidine groups is 1. The highest BCUT2D eigenvalue weighted by Gasteiger charge is 2.16. The van der Waals surface area contributed by atoms with Gasteiger partial charge in [0.05, 0.1) is 5.02 Å². The Morgan fingerprint density at radius 3 is 2.83 bits per heavy atom. The second kappa shape index (κ2) is 7.52. The summed E-state index contributed by atoms with van der Waals surface area (Å²) in [4.78, 5) is 2.16. The maximum absolute atomic E-state index is 13.2. The van der Waals surface area contributed by atoms with Crippen molar-refractivity contribution in [3.05, 3.63) is 40.4 Å². The highest BCUT2D eigenvalue weighted by Crippen LogP contribution is 2.20. The topological polar surface area (TPSA) is 78.0 Å². The first kappa shape index (κ1) is 17.4. The van der Waals surface area contributed by atoms with Crippen LogP contribution in [0.4, 0.5) is 10.1 Å². The first-order valence-electron chi connectivity index (χ1n) is 7.21. The van der Waals surface area contributed by atoms with Crippen molar-refractivity contribution in [1.82, 2.24) is 15.2 Å². The molecule has 0 radical (unpaired) electrons. The van der Waals surface area contributed by atoms with Crippen LogP contribution in [-0.2, 0) is 6.42 Å².